The first-order valence-electron chi connectivity index (χ1n) is 10.2. The lowest BCUT2D eigenvalue weighted by molar-refractivity contribution is -0.384. The van der Waals surface area contributed by atoms with Gasteiger partial charge in [-0.15, -0.1) is 0 Å². The number of carbonyl (C=O) groups is 1. The topological polar surface area (TPSA) is 75.5 Å². The van der Waals surface area contributed by atoms with Gasteiger partial charge in [0.1, 0.15) is 0 Å². The van der Waals surface area contributed by atoms with E-state index < -0.39 is 10.5 Å². The average molecular weight is 415 g/mol. The Balaban J connectivity index is 1.73. The number of benzene rings is 3. The lowest BCUT2D eigenvalue weighted by Crippen LogP contribution is -2.57. The van der Waals surface area contributed by atoms with E-state index in [-0.39, 0.29) is 17.1 Å². The van der Waals surface area contributed by atoms with Gasteiger partial charge in [-0.05, 0) is 49.6 Å². The average Bonchev–Trinajstić information content (AvgIpc) is 2.74. The Kier molecular flexibility index (Phi) is 5.01. The summed E-state index contributed by atoms with van der Waals surface area (Å²) in [7, 11) is 0. The van der Waals surface area contributed by atoms with Crippen molar-refractivity contribution in [2.75, 3.05) is 10.2 Å². The van der Waals surface area contributed by atoms with Crippen molar-refractivity contribution in [3.05, 3.63) is 100 Å². The number of anilines is 2. The number of hydrogen-bond donors (Lipinski definition) is 1. The number of rotatable bonds is 3. The van der Waals surface area contributed by atoms with Crippen molar-refractivity contribution in [3.8, 4) is 0 Å². The number of carbonyl (C=O) groups excluding carboxylic acids is 1. The summed E-state index contributed by atoms with van der Waals surface area (Å²) in [5.41, 5.74) is 2.96. The normalized spacial score (nSPS) is 19.4. The number of urea groups is 1. The molecule has 0 aliphatic carbocycles. The maximum Gasteiger partial charge on any atom is 0.326 e. The van der Waals surface area contributed by atoms with E-state index in [1.54, 1.807) is 17.0 Å². The van der Waals surface area contributed by atoms with Gasteiger partial charge in [0.05, 0.1) is 10.6 Å². The Morgan fingerprint density at radius 3 is 2.19 bits per heavy atom. The molecule has 1 atom stereocenters. The second-order valence-corrected chi connectivity index (χ2v) is 8.77. The molecule has 0 bridgehead atoms. The third-order valence-electron chi connectivity index (χ3n) is 6.07. The molecule has 0 saturated carbocycles. The molecular weight excluding hydrogens is 390 g/mol. The van der Waals surface area contributed by atoms with E-state index >= 15 is 0 Å². The van der Waals surface area contributed by atoms with Gasteiger partial charge in [0.2, 0.25) is 0 Å². The van der Waals surface area contributed by atoms with Crippen LogP contribution in [0.15, 0.2) is 78.9 Å². The van der Waals surface area contributed by atoms with E-state index in [9.17, 15) is 14.9 Å². The largest absolute Gasteiger partial charge is 0.326 e. The van der Waals surface area contributed by atoms with Gasteiger partial charge in [0.25, 0.3) is 5.69 Å². The second-order valence-electron chi connectivity index (χ2n) is 8.77. The number of non-ortho nitro benzene ring substituents is 1. The summed E-state index contributed by atoms with van der Waals surface area (Å²) in [4.78, 5) is 25.6. The van der Waals surface area contributed by atoms with E-state index in [0.29, 0.717) is 5.69 Å². The monoisotopic (exact) mass is 415 g/mol. The molecule has 6 nitrogen and oxygen atoms in total. The Bertz CT molecular complexity index is 1130. The van der Waals surface area contributed by atoms with Crippen LogP contribution in [0.4, 0.5) is 21.9 Å². The number of para-hydroxylation sites is 1. The molecule has 3 aromatic carbocycles. The first kappa shape index (κ1) is 20.6. The number of fused-ring (bicyclic) bond motifs is 1. The van der Waals surface area contributed by atoms with Crippen molar-refractivity contribution in [1.82, 2.24) is 0 Å². The highest BCUT2D eigenvalue weighted by Gasteiger charge is 2.47. The van der Waals surface area contributed by atoms with Crippen molar-refractivity contribution >= 4 is 23.1 Å². The second kappa shape index (κ2) is 7.54. The van der Waals surface area contributed by atoms with Gasteiger partial charge in [-0.3, -0.25) is 15.0 Å². The fourth-order valence-electron chi connectivity index (χ4n) is 4.79. The molecule has 0 unspecified atom stereocenters. The van der Waals surface area contributed by atoms with E-state index in [0.717, 1.165) is 17.7 Å². The molecular formula is C25H25N3O3. The van der Waals surface area contributed by atoms with E-state index in [1.165, 1.54) is 17.7 Å². The van der Waals surface area contributed by atoms with Crippen LogP contribution in [0.25, 0.3) is 0 Å². The minimum atomic E-state index is -0.468. The highest BCUT2D eigenvalue weighted by molar-refractivity contribution is 6.04. The summed E-state index contributed by atoms with van der Waals surface area (Å²) in [6, 6.07) is 24.0. The summed E-state index contributed by atoms with van der Waals surface area (Å²) in [5, 5.41) is 13.8. The first-order valence-corrected chi connectivity index (χ1v) is 10.2. The summed E-state index contributed by atoms with van der Waals surface area (Å²) >= 11 is 0. The lowest BCUT2D eigenvalue weighted by atomic mass is 9.65. The molecule has 4 rings (SSSR count). The van der Waals surface area contributed by atoms with Gasteiger partial charge < -0.3 is 5.32 Å². The summed E-state index contributed by atoms with van der Waals surface area (Å²) in [5.74, 6) is 0. The minimum absolute atomic E-state index is 0.0136. The standard InChI is InChI=1S/C25H25N3O3/c1-24(2)17-25(3,18-9-5-4-6-10-18)21-11-7-8-12-22(21)27(24)23(29)26-19-13-15-20(16-14-19)28(30)31/h4-16H,17H2,1-3H3,(H,26,29)/t25-/m0/s1. The molecule has 0 saturated heterocycles. The van der Waals surface area contributed by atoms with E-state index in [2.05, 4.69) is 44.3 Å². The van der Waals surface area contributed by atoms with Gasteiger partial charge in [0.15, 0.2) is 0 Å². The van der Waals surface area contributed by atoms with E-state index in [4.69, 9.17) is 0 Å². The van der Waals surface area contributed by atoms with Crippen LogP contribution in [-0.2, 0) is 5.41 Å². The molecule has 1 heterocycles. The van der Waals surface area contributed by atoms with Gasteiger partial charge in [0, 0.05) is 28.8 Å². The quantitative estimate of drug-likeness (QED) is 0.413. The zero-order chi connectivity index (χ0) is 22.2. The van der Waals surface area contributed by atoms with Crippen LogP contribution >= 0.6 is 0 Å². The molecule has 1 aliphatic rings. The van der Waals surface area contributed by atoms with Crippen molar-refractivity contribution in [2.24, 2.45) is 0 Å². The molecule has 158 valence electrons. The molecule has 0 radical (unpaired) electrons. The molecule has 31 heavy (non-hydrogen) atoms. The van der Waals surface area contributed by atoms with Crippen LogP contribution in [0.5, 0.6) is 0 Å². The maximum atomic E-state index is 13.4. The third-order valence-corrected chi connectivity index (χ3v) is 6.07. The third kappa shape index (κ3) is 3.65. The molecule has 2 amide bonds. The van der Waals surface area contributed by atoms with Crippen LogP contribution in [0.3, 0.4) is 0 Å². The van der Waals surface area contributed by atoms with Gasteiger partial charge >= 0.3 is 6.03 Å². The number of nitrogens with one attached hydrogen (secondary N) is 1. The molecule has 0 spiro atoms. The highest BCUT2D eigenvalue weighted by Crippen LogP contribution is 2.50. The SMILES string of the molecule is CC1(C)C[C@@](C)(c2ccccc2)c2ccccc2N1C(=O)Nc1ccc([N+](=O)[O-])cc1. The molecule has 0 aromatic heterocycles. The van der Waals surface area contributed by atoms with Crippen molar-refractivity contribution < 1.29 is 9.72 Å². The zero-order valence-corrected chi connectivity index (χ0v) is 17.8. The molecule has 1 N–H and O–H groups in total. The molecule has 1 aliphatic heterocycles. The first-order chi connectivity index (χ1) is 14.7. The maximum absolute atomic E-state index is 13.4. The minimum Gasteiger partial charge on any atom is -0.308 e. The molecule has 6 heteroatoms. The number of amides is 2. The number of hydrogen-bond acceptors (Lipinski definition) is 3. The molecule has 0 fully saturated rings. The van der Waals surface area contributed by atoms with Crippen LogP contribution < -0.4 is 10.2 Å². The zero-order valence-electron chi connectivity index (χ0n) is 17.8. The molecule has 3 aromatic rings. The Morgan fingerprint density at radius 2 is 1.55 bits per heavy atom. The fraction of sp³-hybridized carbons (Fsp3) is 0.240. The summed E-state index contributed by atoms with van der Waals surface area (Å²) in [6.07, 6.45) is 0.745. The number of nitro benzene ring substituents is 1. The Morgan fingerprint density at radius 1 is 0.935 bits per heavy atom. The lowest BCUT2D eigenvalue weighted by Gasteiger charge is -2.51. The van der Waals surface area contributed by atoms with Crippen LogP contribution in [0.1, 0.15) is 38.3 Å². The highest BCUT2D eigenvalue weighted by atomic mass is 16.6. The number of nitro groups is 1. The predicted octanol–water partition coefficient (Wildman–Crippen LogP) is 6.12. The van der Waals surface area contributed by atoms with Gasteiger partial charge in [-0.1, -0.05) is 55.5 Å². The number of nitrogens with zero attached hydrogens (tertiary/aromatic N) is 2. The predicted molar refractivity (Wildman–Crippen MR) is 123 cm³/mol. The van der Waals surface area contributed by atoms with Gasteiger partial charge in [-0.25, -0.2) is 4.79 Å². The van der Waals surface area contributed by atoms with Crippen LogP contribution in [-0.4, -0.2) is 16.5 Å². The Hall–Kier alpha value is -3.67. The van der Waals surface area contributed by atoms with Crippen molar-refractivity contribution in [2.45, 2.75) is 38.1 Å². The van der Waals surface area contributed by atoms with Crippen LogP contribution in [0, 0.1) is 10.1 Å². The fourth-order valence-corrected chi connectivity index (χ4v) is 4.79. The smallest absolute Gasteiger partial charge is 0.308 e. The summed E-state index contributed by atoms with van der Waals surface area (Å²) < 4.78 is 0. The van der Waals surface area contributed by atoms with Gasteiger partial charge in [-0.2, -0.15) is 0 Å². The summed E-state index contributed by atoms with van der Waals surface area (Å²) in [6.45, 7) is 6.37. The van der Waals surface area contributed by atoms with Crippen molar-refractivity contribution in [1.29, 1.82) is 0 Å². The van der Waals surface area contributed by atoms with E-state index in [1.807, 2.05) is 36.4 Å². The van der Waals surface area contributed by atoms with Crippen LogP contribution in [0.2, 0.25) is 0 Å². The Labute approximate surface area is 181 Å². The van der Waals surface area contributed by atoms with Crippen molar-refractivity contribution in [3.63, 3.8) is 0 Å².